The molecule has 3 rings (SSSR count). The lowest BCUT2D eigenvalue weighted by Gasteiger charge is -2.36. The summed E-state index contributed by atoms with van der Waals surface area (Å²) in [6, 6.07) is 7.86. The highest BCUT2D eigenvalue weighted by molar-refractivity contribution is 7.16. The van der Waals surface area contributed by atoms with E-state index in [0.717, 1.165) is 24.9 Å². The van der Waals surface area contributed by atoms with E-state index in [1.165, 1.54) is 22.4 Å². The van der Waals surface area contributed by atoms with E-state index in [0.29, 0.717) is 21.9 Å². The van der Waals surface area contributed by atoms with E-state index in [1.54, 1.807) is 11.3 Å². The molecule has 2 aromatic rings. The third-order valence-corrected chi connectivity index (χ3v) is 6.93. The Bertz CT molecular complexity index is 774. The van der Waals surface area contributed by atoms with Gasteiger partial charge in [-0.15, -0.1) is 11.3 Å². The van der Waals surface area contributed by atoms with E-state index in [4.69, 9.17) is 5.73 Å². The molecule has 0 radical (unpaired) electrons. The van der Waals surface area contributed by atoms with Gasteiger partial charge in [-0.25, -0.2) is 0 Å². The molecule has 134 valence electrons. The number of rotatable bonds is 4. The summed E-state index contributed by atoms with van der Waals surface area (Å²) in [5, 5.41) is 3.66. The van der Waals surface area contributed by atoms with Gasteiger partial charge in [0.05, 0.1) is 10.6 Å². The van der Waals surface area contributed by atoms with Crippen LogP contribution in [0.4, 0.5) is 10.7 Å². The number of nitrogens with two attached hydrogens (primary N) is 1. The molecule has 3 N–H and O–H groups in total. The number of benzene rings is 1. The summed E-state index contributed by atoms with van der Waals surface area (Å²) in [5.41, 5.74) is 10.4. The van der Waals surface area contributed by atoms with Gasteiger partial charge < -0.3 is 11.1 Å². The van der Waals surface area contributed by atoms with Crippen molar-refractivity contribution in [2.75, 3.05) is 11.1 Å². The quantitative estimate of drug-likeness (QED) is 0.767. The number of nitrogen functional groups attached to an aromatic ring is 1. The fraction of sp³-hybridized carbons (Fsp3) is 0.476. The molecule has 4 heteroatoms. The summed E-state index contributed by atoms with van der Waals surface area (Å²) >= 11 is 1.61. The Morgan fingerprint density at radius 2 is 2.00 bits per heavy atom. The van der Waals surface area contributed by atoms with E-state index in [1.807, 2.05) is 31.2 Å². The fourth-order valence-electron chi connectivity index (χ4n) is 3.64. The summed E-state index contributed by atoms with van der Waals surface area (Å²) in [6.07, 6.45) is 4.31. The van der Waals surface area contributed by atoms with Crippen LogP contribution in [-0.2, 0) is 12.8 Å². The summed E-state index contributed by atoms with van der Waals surface area (Å²) in [4.78, 5) is 14.1. The number of aryl methyl sites for hydroxylation is 1. The maximum atomic E-state index is 12.8. The molecule has 0 saturated heterocycles. The first-order valence-electron chi connectivity index (χ1n) is 9.10. The molecule has 1 aliphatic carbocycles. The van der Waals surface area contributed by atoms with Crippen molar-refractivity contribution in [3.05, 3.63) is 45.8 Å². The molecule has 0 aliphatic heterocycles. The molecule has 1 atom stereocenters. The summed E-state index contributed by atoms with van der Waals surface area (Å²) in [5.74, 6) is 0.586. The van der Waals surface area contributed by atoms with Gasteiger partial charge in [-0.05, 0) is 55.2 Å². The number of hydrogen-bond donors (Lipinski definition) is 2. The molecule has 3 nitrogen and oxygen atoms in total. The van der Waals surface area contributed by atoms with Crippen molar-refractivity contribution >= 4 is 27.9 Å². The van der Waals surface area contributed by atoms with Crippen molar-refractivity contribution in [2.45, 2.75) is 53.4 Å². The smallest absolute Gasteiger partial charge is 0.258 e. The van der Waals surface area contributed by atoms with E-state index in [2.05, 4.69) is 26.1 Å². The maximum Gasteiger partial charge on any atom is 0.258 e. The van der Waals surface area contributed by atoms with E-state index >= 15 is 0 Å². The maximum absolute atomic E-state index is 12.8. The first-order chi connectivity index (χ1) is 11.8. The van der Waals surface area contributed by atoms with Crippen molar-refractivity contribution in [1.82, 2.24) is 0 Å². The first kappa shape index (κ1) is 18.0. The summed E-state index contributed by atoms with van der Waals surface area (Å²) in [7, 11) is 0. The number of thiophene rings is 1. The number of anilines is 2. The average Bonchev–Trinajstić information content (AvgIpc) is 2.91. The Morgan fingerprint density at radius 1 is 1.32 bits per heavy atom. The van der Waals surface area contributed by atoms with Gasteiger partial charge in [0.15, 0.2) is 0 Å². The molecule has 25 heavy (non-hydrogen) atoms. The molecule has 1 heterocycles. The lowest BCUT2D eigenvalue weighted by Crippen LogP contribution is -2.29. The first-order valence-corrected chi connectivity index (χ1v) is 9.91. The van der Waals surface area contributed by atoms with Gasteiger partial charge in [0.1, 0.15) is 0 Å². The van der Waals surface area contributed by atoms with Gasteiger partial charge in [0, 0.05) is 10.6 Å². The van der Waals surface area contributed by atoms with Crippen molar-refractivity contribution < 1.29 is 4.79 Å². The van der Waals surface area contributed by atoms with E-state index in [9.17, 15) is 4.79 Å². The lowest BCUT2D eigenvalue weighted by molar-refractivity contribution is 0.102. The van der Waals surface area contributed by atoms with Crippen LogP contribution in [0, 0.1) is 18.3 Å². The average molecular weight is 357 g/mol. The fourth-order valence-corrected chi connectivity index (χ4v) is 4.84. The van der Waals surface area contributed by atoms with Crippen molar-refractivity contribution in [3.63, 3.8) is 0 Å². The molecular formula is C21H28N2OS. The van der Waals surface area contributed by atoms with Gasteiger partial charge in [0.25, 0.3) is 5.91 Å². The highest BCUT2D eigenvalue weighted by Gasteiger charge is 2.34. The van der Waals surface area contributed by atoms with Crippen LogP contribution in [0.2, 0.25) is 0 Å². The van der Waals surface area contributed by atoms with Crippen LogP contribution in [0.5, 0.6) is 0 Å². The van der Waals surface area contributed by atoms with Gasteiger partial charge in [-0.2, -0.15) is 0 Å². The summed E-state index contributed by atoms with van der Waals surface area (Å²) in [6.45, 7) is 9.00. The van der Waals surface area contributed by atoms with Crippen LogP contribution < -0.4 is 11.1 Å². The minimum Gasteiger partial charge on any atom is -0.390 e. The molecular weight excluding hydrogens is 328 g/mol. The van der Waals surface area contributed by atoms with E-state index in [-0.39, 0.29) is 5.91 Å². The topological polar surface area (TPSA) is 55.1 Å². The Hall–Kier alpha value is -1.81. The minimum atomic E-state index is -0.0768. The highest BCUT2D eigenvalue weighted by Crippen LogP contribution is 2.44. The number of nitrogens with one attached hydrogen (secondary N) is 1. The van der Waals surface area contributed by atoms with Crippen molar-refractivity contribution in [2.24, 2.45) is 11.3 Å². The van der Waals surface area contributed by atoms with Crippen LogP contribution in [-0.4, -0.2) is 5.91 Å². The van der Waals surface area contributed by atoms with Crippen LogP contribution >= 0.6 is 11.3 Å². The van der Waals surface area contributed by atoms with Crippen molar-refractivity contribution in [1.29, 1.82) is 0 Å². The largest absolute Gasteiger partial charge is 0.390 e. The van der Waals surface area contributed by atoms with Gasteiger partial charge >= 0.3 is 0 Å². The number of carbonyl (C=O) groups excluding carboxylic acids is 1. The number of amides is 1. The Kier molecular flexibility index (Phi) is 4.92. The third kappa shape index (κ3) is 3.59. The molecule has 1 aromatic carbocycles. The molecule has 1 aromatic heterocycles. The molecule has 0 fully saturated rings. The second-order valence-electron chi connectivity index (χ2n) is 7.85. The molecule has 1 amide bonds. The number of carbonyl (C=O) groups is 1. The zero-order valence-corrected chi connectivity index (χ0v) is 16.4. The second kappa shape index (κ2) is 6.83. The Morgan fingerprint density at radius 3 is 2.64 bits per heavy atom. The molecule has 0 unspecified atom stereocenters. The standard InChI is InChI=1S/C21H28N2OS/c1-5-21(3,4)14-8-11-16-17(12-14)25-19(22)18(16)20(24)23-15-9-6-13(2)7-10-15/h6-7,9-10,14H,5,8,11-12,22H2,1-4H3,(H,23,24)/t14-/m1/s1. The Balaban J connectivity index is 1.83. The zero-order valence-electron chi connectivity index (χ0n) is 15.6. The SMILES string of the molecule is CCC(C)(C)[C@@H]1CCc2c(sc(N)c2C(=O)Nc2ccc(C)cc2)C1. The normalized spacial score (nSPS) is 17.2. The zero-order chi connectivity index (χ0) is 18.2. The van der Waals surface area contributed by atoms with Gasteiger partial charge in [-0.1, -0.05) is 44.9 Å². The van der Waals surface area contributed by atoms with Crippen molar-refractivity contribution in [3.8, 4) is 0 Å². The lowest BCUT2D eigenvalue weighted by atomic mass is 9.69. The number of hydrogen-bond acceptors (Lipinski definition) is 3. The van der Waals surface area contributed by atoms with E-state index < -0.39 is 0 Å². The van der Waals surface area contributed by atoms with Crippen LogP contribution in [0.1, 0.15) is 60.0 Å². The molecule has 0 bridgehead atoms. The van der Waals surface area contributed by atoms with Crippen LogP contribution in [0.3, 0.4) is 0 Å². The second-order valence-corrected chi connectivity index (χ2v) is 8.98. The molecule has 0 spiro atoms. The predicted octanol–water partition coefficient (Wildman–Crippen LogP) is 5.43. The Labute approximate surface area is 154 Å². The molecule has 0 saturated carbocycles. The third-order valence-electron chi connectivity index (χ3n) is 5.85. The van der Waals surface area contributed by atoms with Crippen LogP contribution in [0.15, 0.2) is 24.3 Å². The highest BCUT2D eigenvalue weighted by atomic mass is 32.1. The predicted molar refractivity (Wildman–Crippen MR) is 107 cm³/mol. The minimum absolute atomic E-state index is 0.0768. The van der Waals surface area contributed by atoms with Gasteiger partial charge in [0.2, 0.25) is 0 Å². The van der Waals surface area contributed by atoms with Gasteiger partial charge in [-0.3, -0.25) is 4.79 Å². The number of fused-ring (bicyclic) bond motifs is 1. The van der Waals surface area contributed by atoms with Crippen LogP contribution in [0.25, 0.3) is 0 Å². The summed E-state index contributed by atoms with van der Waals surface area (Å²) < 4.78 is 0. The molecule has 1 aliphatic rings. The monoisotopic (exact) mass is 356 g/mol.